The Morgan fingerprint density at radius 3 is 2.62 bits per heavy atom. The molecule has 0 radical (unpaired) electrons. The molecule has 4 fully saturated rings. The van der Waals surface area contributed by atoms with Crippen molar-refractivity contribution in [2.24, 2.45) is 29.1 Å². The summed E-state index contributed by atoms with van der Waals surface area (Å²) in [6, 6.07) is 0. The van der Waals surface area contributed by atoms with Gasteiger partial charge in [-0.05, 0) is 68.6 Å². The molecule has 1 heterocycles. The topological polar surface area (TPSA) is 43.4 Å². The van der Waals surface area contributed by atoms with Gasteiger partial charge >= 0.3 is 0 Å². The van der Waals surface area contributed by atoms with E-state index < -0.39 is 0 Å². The van der Waals surface area contributed by atoms with Gasteiger partial charge in [0.05, 0.1) is 5.60 Å². The lowest BCUT2D eigenvalue weighted by Gasteiger charge is -2.58. The first-order valence-electron chi connectivity index (χ1n) is 8.67. The summed E-state index contributed by atoms with van der Waals surface area (Å²) >= 11 is 0. The number of Topliss-reactive ketones (excluding diaryl/α,β-unsaturated/α-hetero) is 2. The van der Waals surface area contributed by atoms with E-state index in [-0.39, 0.29) is 28.5 Å². The fourth-order valence-corrected chi connectivity index (χ4v) is 6.35. The van der Waals surface area contributed by atoms with Crippen molar-refractivity contribution >= 4 is 11.6 Å². The van der Waals surface area contributed by atoms with Crippen molar-refractivity contribution in [2.45, 2.75) is 64.4 Å². The molecule has 0 aromatic rings. The number of hydrogen-bond donors (Lipinski definition) is 0. The highest BCUT2D eigenvalue weighted by Crippen LogP contribution is 2.62. The molecule has 1 saturated heterocycles. The van der Waals surface area contributed by atoms with Crippen LogP contribution in [0, 0.1) is 29.1 Å². The van der Waals surface area contributed by atoms with Crippen molar-refractivity contribution < 1.29 is 14.3 Å². The van der Waals surface area contributed by atoms with Crippen molar-refractivity contribution in [3.8, 4) is 0 Å². The summed E-state index contributed by atoms with van der Waals surface area (Å²) in [6.07, 6.45) is 6.93. The van der Waals surface area contributed by atoms with Crippen LogP contribution >= 0.6 is 0 Å². The van der Waals surface area contributed by atoms with Crippen LogP contribution in [0.2, 0.25) is 0 Å². The van der Waals surface area contributed by atoms with E-state index in [1.54, 1.807) is 0 Å². The molecule has 6 atom stereocenters. The number of carbonyl (C=O) groups is 2. The summed E-state index contributed by atoms with van der Waals surface area (Å²) in [7, 11) is 0. The van der Waals surface area contributed by atoms with E-state index >= 15 is 0 Å². The van der Waals surface area contributed by atoms with E-state index in [1.807, 2.05) is 0 Å². The second-order valence-corrected chi connectivity index (χ2v) is 8.29. The summed E-state index contributed by atoms with van der Waals surface area (Å²) in [5.41, 5.74) is 0.149. The van der Waals surface area contributed by atoms with Gasteiger partial charge in [-0.25, -0.2) is 0 Å². The molecule has 0 aromatic heterocycles. The molecule has 1 aliphatic heterocycles. The largest absolute Gasteiger partial charge is 0.375 e. The second-order valence-electron chi connectivity index (χ2n) is 8.29. The Bertz CT molecular complexity index is 499. The maximum absolute atomic E-state index is 12.4. The van der Waals surface area contributed by atoms with E-state index in [1.165, 1.54) is 12.8 Å². The van der Waals surface area contributed by atoms with Crippen LogP contribution < -0.4 is 0 Å². The predicted octanol–water partition coefficient (Wildman–Crippen LogP) is 3.16. The Morgan fingerprint density at radius 2 is 1.81 bits per heavy atom. The van der Waals surface area contributed by atoms with E-state index in [0.29, 0.717) is 24.2 Å². The van der Waals surface area contributed by atoms with Gasteiger partial charge < -0.3 is 4.74 Å². The van der Waals surface area contributed by atoms with Gasteiger partial charge in [0.15, 0.2) is 5.78 Å². The van der Waals surface area contributed by atoms with Crippen LogP contribution in [0.15, 0.2) is 0 Å². The van der Waals surface area contributed by atoms with Crippen LogP contribution in [0.4, 0.5) is 0 Å². The van der Waals surface area contributed by atoms with Gasteiger partial charge in [0, 0.05) is 18.9 Å². The monoisotopic (exact) mass is 290 g/mol. The van der Waals surface area contributed by atoms with E-state index in [4.69, 9.17) is 4.74 Å². The van der Waals surface area contributed by atoms with Gasteiger partial charge in [-0.15, -0.1) is 0 Å². The standard InChI is InChI=1S/C18H26O3/c1-17-8-6-15(19)16(20)14(17)4-3-11-12(17)5-9-18(2)13(11)7-10-21-18/h11-14H,3-10H2,1-2H3/t11-,12-,13+,14?,17-,18+/m1/s1. The maximum Gasteiger partial charge on any atom is 0.201 e. The second kappa shape index (κ2) is 4.41. The smallest absolute Gasteiger partial charge is 0.201 e. The molecule has 3 aliphatic carbocycles. The minimum atomic E-state index is -0.110. The zero-order chi connectivity index (χ0) is 14.8. The lowest BCUT2D eigenvalue weighted by Crippen LogP contribution is -2.57. The number of ether oxygens (including phenoxy) is 1. The molecule has 116 valence electrons. The fraction of sp³-hybridized carbons (Fsp3) is 0.889. The normalized spacial score (nSPS) is 53.0. The van der Waals surface area contributed by atoms with Gasteiger partial charge in [0.1, 0.15) is 0 Å². The third-order valence-electron chi connectivity index (χ3n) is 7.54. The Kier molecular flexibility index (Phi) is 2.92. The molecule has 3 nitrogen and oxygen atoms in total. The highest BCUT2D eigenvalue weighted by Gasteiger charge is 2.60. The van der Waals surface area contributed by atoms with Crippen molar-refractivity contribution in [2.75, 3.05) is 6.61 Å². The number of hydrogen-bond acceptors (Lipinski definition) is 3. The molecule has 0 bridgehead atoms. The van der Waals surface area contributed by atoms with Crippen LogP contribution in [0.3, 0.4) is 0 Å². The highest BCUT2D eigenvalue weighted by atomic mass is 16.5. The van der Waals surface area contributed by atoms with Crippen LogP contribution in [0.1, 0.15) is 58.8 Å². The minimum Gasteiger partial charge on any atom is -0.375 e. The van der Waals surface area contributed by atoms with Crippen LogP contribution in [0.5, 0.6) is 0 Å². The lowest BCUT2D eigenvalue weighted by molar-refractivity contribution is -0.160. The minimum absolute atomic E-state index is 0.00618. The number of ketones is 2. The van der Waals surface area contributed by atoms with Crippen molar-refractivity contribution in [3.63, 3.8) is 0 Å². The van der Waals surface area contributed by atoms with E-state index in [9.17, 15) is 9.59 Å². The van der Waals surface area contributed by atoms with E-state index in [0.717, 1.165) is 32.3 Å². The Hall–Kier alpha value is -0.700. The van der Waals surface area contributed by atoms with Gasteiger partial charge in [-0.3, -0.25) is 9.59 Å². The molecule has 21 heavy (non-hydrogen) atoms. The highest BCUT2D eigenvalue weighted by molar-refractivity contribution is 6.38. The molecule has 0 aromatic carbocycles. The molecule has 4 rings (SSSR count). The average Bonchev–Trinajstić information content (AvgIpc) is 2.85. The first kappa shape index (κ1) is 13.9. The fourth-order valence-electron chi connectivity index (χ4n) is 6.35. The van der Waals surface area contributed by atoms with Gasteiger partial charge in [-0.1, -0.05) is 6.92 Å². The number of carbonyl (C=O) groups excluding carboxylic acids is 2. The number of fused-ring (bicyclic) bond motifs is 5. The molecule has 3 saturated carbocycles. The average molecular weight is 290 g/mol. The van der Waals surface area contributed by atoms with Gasteiger partial charge in [0.2, 0.25) is 5.78 Å². The molecule has 0 amide bonds. The van der Waals surface area contributed by atoms with Crippen molar-refractivity contribution in [1.29, 1.82) is 0 Å². The predicted molar refractivity (Wildman–Crippen MR) is 78.8 cm³/mol. The Balaban J connectivity index is 1.67. The van der Waals surface area contributed by atoms with Crippen LogP contribution in [0.25, 0.3) is 0 Å². The summed E-state index contributed by atoms with van der Waals surface area (Å²) in [5.74, 6) is 1.83. The third-order valence-corrected chi connectivity index (χ3v) is 7.54. The zero-order valence-corrected chi connectivity index (χ0v) is 13.2. The van der Waals surface area contributed by atoms with Crippen molar-refractivity contribution in [1.82, 2.24) is 0 Å². The van der Waals surface area contributed by atoms with Crippen molar-refractivity contribution in [3.05, 3.63) is 0 Å². The summed E-state index contributed by atoms with van der Waals surface area (Å²) in [6.45, 7) is 5.50. The first-order valence-corrected chi connectivity index (χ1v) is 8.67. The zero-order valence-electron chi connectivity index (χ0n) is 13.2. The molecule has 3 heteroatoms. The Labute approximate surface area is 126 Å². The van der Waals surface area contributed by atoms with Crippen LogP contribution in [-0.2, 0) is 14.3 Å². The molecule has 0 N–H and O–H groups in total. The van der Waals surface area contributed by atoms with Crippen LogP contribution in [-0.4, -0.2) is 23.8 Å². The summed E-state index contributed by atoms with van der Waals surface area (Å²) < 4.78 is 6.08. The quantitative estimate of drug-likeness (QED) is 0.644. The SMILES string of the molecule is C[C@]12CCC(=O)C(=O)C1CC[C@@H]1[C@H]2CC[C@]2(C)OCC[C@@H]12. The molecule has 0 spiro atoms. The summed E-state index contributed by atoms with van der Waals surface area (Å²) in [4.78, 5) is 24.2. The van der Waals surface area contributed by atoms with Gasteiger partial charge in [0.25, 0.3) is 0 Å². The first-order chi connectivity index (χ1) is 9.96. The maximum atomic E-state index is 12.4. The summed E-state index contributed by atoms with van der Waals surface area (Å²) in [5, 5.41) is 0. The van der Waals surface area contributed by atoms with E-state index in [2.05, 4.69) is 13.8 Å². The molecule has 4 aliphatic rings. The molecular formula is C18H26O3. The Morgan fingerprint density at radius 1 is 1.00 bits per heavy atom. The third kappa shape index (κ3) is 1.76. The molecule has 1 unspecified atom stereocenters. The van der Waals surface area contributed by atoms with Gasteiger partial charge in [-0.2, -0.15) is 0 Å². The molecular weight excluding hydrogens is 264 g/mol. The number of rotatable bonds is 0. The lowest BCUT2D eigenvalue weighted by atomic mass is 9.46.